The Morgan fingerprint density at radius 2 is 1.17 bits per heavy atom. The van der Waals surface area contributed by atoms with E-state index in [0.717, 1.165) is 0 Å². The fourth-order valence-electron chi connectivity index (χ4n) is 0. The van der Waals surface area contributed by atoms with Crippen LogP contribution in [0.25, 0.3) is 0 Å². The molecule has 0 aromatic rings. The van der Waals surface area contributed by atoms with Gasteiger partial charge in [0.25, 0.3) is 0 Å². The first-order valence-electron chi connectivity index (χ1n) is 0.644. The molecule has 0 unspecified atom stereocenters. The molecular formula is CeO3PrTi. The third-order valence-electron chi connectivity index (χ3n) is 0. The average Bonchev–Trinajstić information content (AvgIpc) is 1.46. The summed E-state index contributed by atoms with van der Waals surface area (Å²) in [4.78, 5) is 0. The van der Waals surface area contributed by atoms with Crippen molar-refractivity contribution in [2.24, 2.45) is 0 Å². The summed E-state index contributed by atoms with van der Waals surface area (Å²) in [6.07, 6.45) is 0. The van der Waals surface area contributed by atoms with Crippen molar-refractivity contribution in [1.29, 1.82) is 0 Å². The summed E-state index contributed by atoms with van der Waals surface area (Å²) in [6, 6.07) is 0. The zero-order valence-corrected chi connectivity index (χ0v) is 11.2. The van der Waals surface area contributed by atoms with Crippen molar-refractivity contribution >= 4 is 0 Å². The predicted octanol–water partition coefficient (Wildman–Crippen LogP) is -0.359. The summed E-state index contributed by atoms with van der Waals surface area (Å²) in [5, 5.41) is 0. The Bertz CT molecular complexity index is 40.1. The first kappa shape index (κ1) is 15.9. The van der Waals surface area contributed by atoms with Gasteiger partial charge in [0, 0.05) is 41.7 Å². The van der Waals surface area contributed by atoms with Crippen molar-refractivity contribution < 1.29 is 108 Å². The van der Waals surface area contributed by atoms with Crippen LogP contribution < -0.4 is 0 Å². The van der Waals surface area contributed by atoms with Gasteiger partial charge in [-0.1, -0.05) is 0 Å². The zero-order valence-electron chi connectivity index (χ0n) is 2.80. The van der Waals surface area contributed by atoms with Gasteiger partial charge in [0.05, 0.1) is 0 Å². The Hall–Kier alpha value is 2.85. The summed E-state index contributed by atoms with van der Waals surface area (Å²) in [7, 11) is 0. The van der Waals surface area contributed by atoms with Gasteiger partial charge in [0.2, 0.25) is 0 Å². The number of rotatable bonds is 0. The second kappa shape index (κ2) is 24.8. The fraction of sp³-hybridized carbons (Fsp3) is 0. The van der Waals surface area contributed by atoms with Crippen LogP contribution in [0.3, 0.4) is 0 Å². The Morgan fingerprint density at radius 3 is 1.17 bits per heavy atom. The molecule has 3 nitrogen and oxygen atoms in total. The first-order chi connectivity index (χ1) is 2.41. The molecule has 0 aromatic heterocycles. The topological polar surface area (TPSA) is 51.2 Å². The molecule has 0 aliphatic rings. The van der Waals surface area contributed by atoms with E-state index in [4.69, 9.17) is 7.64 Å². The first-order valence-corrected chi connectivity index (χ1v) is 3.43. The van der Waals surface area contributed by atoms with Crippen LogP contribution in [0.5, 0.6) is 0 Å². The predicted molar refractivity (Wildman–Crippen MR) is 2.06 cm³/mol. The second-order valence-electron chi connectivity index (χ2n) is 0.0833. The van der Waals surface area contributed by atoms with Crippen LogP contribution in [-0.4, -0.2) is 0 Å². The molecule has 0 atom stereocenters. The van der Waals surface area contributed by atoms with Gasteiger partial charge in [0.15, 0.2) is 0 Å². The Labute approximate surface area is 105 Å². The SMILES string of the molecule is [Ce].[O]=[Pr].[O]=[Ti]=[O]. The van der Waals surface area contributed by atoms with Gasteiger partial charge in [-0.2, -0.15) is 0 Å². The van der Waals surface area contributed by atoms with Crippen molar-refractivity contribution in [3.05, 3.63) is 0 Å². The second-order valence-corrected chi connectivity index (χ2v) is 0.344. The van der Waals surface area contributed by atoms with Gasteiger partial charge >= 0.3 is 66.1 Å². The minimum absolute atomic E-state index is 0. The molecule has 6 heavy (non-hydrogen) atoms. The van der Waals surface area contributed by atoms with Crippen molar-refractivity contribution in [3.8, 4) is 0 Å². The van der Waals surface area contributed by atoms with Gasteiger partial charge in [-0.25, -0.2) is 0 Å². The van der Waals surface area contributed by atoms with Gasteiger partial charge in [-0.05, 0) is 0 Å². The maximum atomic E-state index is 8.50. The van der Waals surface area contributed by atoms with Crippen molar-refractivity contribution in [1.82, 2.24) is 0 Å². The Balaban J connectivity index is -0.0000000275. The summed E-state index contributed by atoms with van der Waals surface area (Å²) in [5.41, 5.74) is 0. The molecule has 0 amide bonds. The molecule has 0 aliphatic heterocycles. The monoisotopic (exact) mass is 377 g/mol. The molecule has 29 valence electrons. The molecule has 0 fully saturated rings. The summed E-state index contributed by atoms with van der Waals surface area (Å²) in [6.45, 7) is 0. The van der Waals surface area contributed by atoms with E-state index in [1.54, 1.807) is 0 Å². The van der Waals surface area contributed by atoms with Crippen molar-refractivity contribution in [2.45, 2.75) is 0 Å². The summed E-state index contributed by atoms with van der Waals surface area (Å²) < 4.78 is 25.4. The molecule has 0 saturated carbocycles. The van der Waals surface area contributed by atoms with Gasteiger partial charge in [0.1, 0.15) is 0 Å². The molecular weight excluding hydrogens is 377 g/mol. The van der Waals surface area contributed by atoms with Crippen LogP contribution >= 0.6 is 0 Å². The third kappa shape index (κ3) is 28.8. The zero-order chi connectivity index (χ0) is 4.71. The minimum atomic E-state index is -2.00. The molecule has 0 saturated heterocycles. The quantitative estimate of drug-likeness (QED) is 0.543. The molecule has 0 radical (unpaired) electrons. The Kier molecular flexibility index (Phi) is 66.0. The van der Waals surface area contributed by atoms with Crippen molar-refractivity contribution in [3.63, 3.8) is 0 Å². The molecule has 0 bridgehead atoms. The van der Waals surface area contributed by atoms with E-state index in [9.17, 15) is 0 Å². The van der Waals surface area contributed by atoms with Crippen LogP contribution in [0, 0.1) is 81.1 Å². The number of hydrogen-bond acceptors (Lipinski definition) is 3. The van der Waals surface area contributed by atoms with Gasteiger partial charge < -0.3 is 0 Å². The van der Waals surface area contributed by atoms with E-state index in [-0.39, 0.29) is 81.1 Å². The van der Waals surface area contributed by atoms with Crippen LogP contribution in [-0.2, 0) is 26.7 Å². The molecule has 0 spiro atoms. The van der Waals surface area contributed by atoms with Gasteiger partial charge in [-0.15, -0.1) is 0 Å². The van der Waals surface area contributed by atoms with Crippen LogP contribution in [0.15, 0.2) is 0 Å². The van der Waals surface area contributed by atoms with Crippen LogP contribution in [0.1, 0.15) is 0 Å². The van der Waals surface area contributed by atoms with E-state index in [2.05, 4.69) is 0 Å². The van der Waals surface area contributed by atoms with E-state index >= 15 is 0 Å². The fourth-order valence-corrected chi connectivity index (χ4v) is 0. The maximum absolute atomic E-state index is 8.50. The molecule has 0 heterocycles. The number of hydrogen-bond donors (Lipinski definition) is 0. The average molecular weight is 377 g/mol. The molecule has 0 aliphatic carbocycles. The third-order valence-corrected chi connectivity index (χ3v) is 0. The summed E-state index contributed by atoms with van der Waals surface area (Å²) >= 11 is -2.08. The van der Waals surface area contributed by atoms with E-state index in [1.807, 2.05) is 0 Å². The van der Waals surface area contributed by atoms with Crippen molar-refractivity contribution in [2.75, 3.05) is 0 Å². The normalized spacial score (nSPS) is 2.33. The van der Waals surface area contributed by atoms with Crippen LogP contribution in [0.2, 0.25) is 0 Å². The van der Waals surface area contributed by atoms with Gasteiger partial charge in [-0.3, -0.25) is 0 Å². The standard InChI is InChI=1S/Ce.3O.Pr.Ti. The molecule has 0 rings (SSSR count). The molecule has 6 heteroatoms. The summed E-state index contributed by atoms with van der Waals surface area (Å²) in [5.74, 6) is 0. The van der Waals surface area contributed by atoms with E-state index in [1.165, 1.54) is 0 Å². The van der Waals surface area contributed by atoms with E-state index < -0.39 is 19.1 Å². The molecule has 0 N–H and O–H groups in total. The van der Waals surface area contributed by atoms with E-state index in [0.29, 0.717) is 0 Å². The van der Waals surface area contributed by atoms with Crippen LogP contribution in [0.4, 0.5) is 0 Å². The Morgan fingerprint density at radius 1 is 1.17 bits per heavy atom. The molecule has 0 aromatic carbocycles.